The molecule has 1 aromatic heterocycles. The summed E-state index contributed by atoms with van der Waals surface area (Å²) in [7, 11) is 5.95. The van der Waals surface area contributed by atoms with E-state index in [0.717, 1.165) is 22.0 Å². The lowest BCUT2D eigenvalue weighted by Crippen LogP contribution is -2.47. The lowest BCUT2D eigenvalue weighted by atomic mass is 10.1. The van der Waals surface area contributed by atoms with Gasteiger partial charge in [-0.2, -0.15) is 0 Å². The highest BCUT2D eigenvalue weighted by Crippen LogP contribution is 2.32. The molecule has 4 rings (SSSR count). The van der Waals surface area contributed by atoms with Crippen LogP contribution < -0.4 is 4.74 Å². The van der Waals surface area contributed by atoms with Gasteiger partial charge >= 0.3 is 18.0 Å². The second kappa shape index (κ2) is 16.0. The highest BCUT2D eigenvalue weighted by molar-refractivity contribution is 6.30. The zero-order valence-corrected chi connectivity index (χ0v) is 29.6. The fraction of sp³-hybridized carbons (Fsp3) is 0.351. The topological polar surface area (TPSA) is 123 Å². The molecular weight excluding hydrogens is 648 g/mol. The SMILES string of the molecule is C[C@@H](C(=O)OC(C)(C)C)N(Cc1ccc(Cl)cc1Oc1ccc(-c2cnc(CN(C)C)n2C)cc1)C(=O)O[C@@H](Cc1ccccc1)C(=O)O. The first-order valence-electron chi connectivity index (χ1n) is 15.8. The van der Waals surface area contributed by atoms with Gasteiger partial charge in [-0.3, -0.25) is 4.90 Å². The molecule has 0 saturated carbocycles. The van der Waals surface area contributed by atoms with Crippen molar-refractivity contribution in [3.05, 3.63) is 101 Å². The van der Waals surface area contributed by atoms with Gasteiger partial charge in [-0.1, -0.05) is 48.0 Å². The number of rotatable bonds is 13. The second-order valence-electron chi connectivity index (χ2n) is 13.0. The summed E-state index contributed by atoms with van der Waals surface area (Å²) in [6, 6.07) is 20.1. The molecule has 0 unspecified atom stereocenters. The predicted octanol–water partition coefficient (Wildman–Crippen LogP) is 6.96. The minimum Gasteiger partial charge on any atom is -0.478 e. The molecule has 0 fully saturated rings. The lowest BCUT2D eigenvalue weighted by Gasteiger charge is -2.31. The van der Waals surface area contributed by atoms with Crippen LogP contribution in [0.5, 0.6) is 11.5 Å². The minimum absolute atomic E-state index is 0.0579. The fourth-order valence-corrected chi connectivity index (χ4v) is 5.14. The van der Waals surface area contributed by atoms with E-state index in [0.29, 0.717) is 34.2 Å². The highest BCUT2D eigenvalue weighted by Gasteiger charge is 2.34. The number of carboxylic acid groups (broad SMARTS) is 1. The molecule has 0 radical (unpaired) electrons. The van der Waals surface area contributed by atoms with Crippen molar-refractivity contribution >= 4 is 29.6 Å². The van der Waals surface area contributed by atoms with Crippen LogP contribution in [0.1, 0.15) is 44.6 Å². The number of carbonyl (C=O) groups is 3. The van der Waals surface area contributed by atoms with Crippen molar-refractivity contribution in [3.63, 3.8) is 0 Å². The molecule has 1 N–H and O–H groups in total. The van der Waals surface area contributed by atoms with Gasteiger partial charge in [-0.05, 0) is 83.8 Å². The number of aromatic nitrogens is 2. The number of hydrogen-bond acceptors (Lipinski definition) is 8. The number of benzene rings is 3. The van der Waals surface area contributed by atoms with E-state index in [1.165, 1.54) is 6.92 Å². The molecule has 4 aromatic rings. The third-order valence-corrected chi connectivity index (χ3v) is 7.76. The van der Waals surface area contributed by atoms with Gasteiger partial charge in [0.1, 0.15) is 29.0 Å². The monoisotopic (exact) mass is 690 g/mol. The number of amides is 1. The molecule has 3 aromatic carbocycles. The summed E-state index contributed by atoms with van der Waals surface area (Å²) in [5, 5.41) is 10.3. The predicted molar refractivity (Wildman–Crippen MR) is 186 cm³/mol. The van der Waals surface area contributed by atoms with Gasteiger partial charge in [0.15, 0.2) is 0 Å². The largest absolute Gasteiger partial charge is 0.478 e. The van der Waals surface area contributed by atoms with Crippen LogP contribution in [0.4, 0.5) is 4.79 Å². The van der Waals surface area contributed by atoms with Crippen molar-refractivity contribution in [2.24, 2.45) is 7.05 Å². The molecule has 0 spiro atoms. The van der Waals surface area contributed by atoms with Crippen LogP contribution in [-0.4, -0.2) is 74.3 Å². The molecule has 0 saturated heterocycles. The van der Waals surface area contributed by atoms with E-state index in [1.54, 1.807) is 69.3 Å². The highest BCUT2D eigenvalue weighted by atomic mass is 35.5. The van der Waals surface area contributed by atoms with Gasteiger partial charge in [0.2, 0.25) is 6.10 Å². The molecular formula is C37H43ClN4O7. The van der Waals surface area contributed by atoms with Crippen molar-refractivity contribution in [1.82, 2.24) is 19.4 Å². The summed E-state index contributed by atoms with van der Waals surface area (Å²) in [4.78, 5) is 46.8. The summed E-state index contributed by atoms with van der Waals surface area (Å²) in [5.41, 5.74) is 2.23. The zero-order valence-electron chi connectivity index (χ0n) is 28.8. The van der Waals surface area contributed by atoms with Gasteiger partial charge in [0.05, 0.1) is 25.0 Å². The number of carbonyl (C=O) groups excluding carboxylic acids is 2. The summed E-state index contributed by atoms with van der Waals surface area (Å²) < 4.78 is 19.4. The Bertz CT molecular complexity index is 1750. The van der Waals surface area contributed by atoms with Crippen molar-refractivity contribution in [3.8, 4) is 22.8 Å². The van der Waals surface area contributed by atoms with E-state index < -0.39 is 35.8 Å². The van der Waals surface area contributed by atoms with Crippen LogP contribution in [-0.2, 0) is 45.6 Å². The fourth-order valence-electron chi connectivity index (χ4n) is 4.97. The van der Waals surface area contributed by atoms with Crippen LogP contribution in [0.25, 0.3) is 11.3 Å². The van der Waals surface area contributed by atoms with Gasteiger partial charge in [-0.15, -0.1) is 0 Å². The Labute approximate surface area is 292 Å². The molecule has 12 heteroatoms. The van der Waals surface area contributed by atoms with Gasteiger partial charge in [-0.25, -0.2) is 19.4 Å². The number of aliphatic carboxylic acids is 1. The van der Waals surface area contributed by atoms with Gasteiger partial charge < -0.3 is 28.8 Å². The van der Waals surface area contributed by atoms with Crippen molar-refractivity contribution in [1.29, 1.82) is 0 Å². The molecule has 1 amide bonds. The number of imidazole rings is 1. The van der Waals surface area contributed by atoms with Crippen LogP contribution in [0.2, 0.25) is 5.02 Å². The molecule has 0 aliphatic heterocycles. The molecule has 0 aliphatic rings. The summed E-state index contributed by atoms with van der Waals surface area (Å²) in [6.45, 7) is 7.18. The number of nitrogens with zero attached hydrogens (tertiary/aromatic N) is 4. The van der Waals surface area contributed by atoms with E-state index in [9.17, 15) is 19.5 Å². The van der Waals surface area contributed by atoms with E-state index in [1.807, 2.05) is 56.2 Å². The van der Waals surface area contributed by atoms with Gasteiger partial charge in [0, 0.05) is 29.6 Å². The Hall–Kier alpha value is -4.87. The Kier molecular flexibility index (Phi) is 12.1. The maximum absolute atomic E-state index is 13.7. The summed E-state index contributed by atoms with van der Waals surface area (Å²) in [5.74, 6) is -0.230. The van der Waals surface area contributed by atoms with Crippen LogP contribution in [0.3, 0.4) is 0 Å². The second-order valence-corrected chi connectivity index (χ2v) is 13.4. The molecule has 0 aliphatic carbocycles. The number of halogens is 1. The van der Waals surface area contributed by atoms with Crippen molar-refractivity contribution < 1.29 is 33.7 Å². The molecule has 49 heavy (non-hydrogen) atoms. The van der Waals surface area contributed by atoms with Crippen molar-refractivity contribution in [2.75, 3.05) is 14.1 Å². The van der Waals surface area contributed by atoms with E-state index >= 15 is 0 Å². The first kappa shape index (κ1) is 37.0. The summed E-state index contributed by atoms with van der Waals surface area (Å²) >= 11 is 6.37. The maximum atomic E-state index is 13.7. The Morgan fingerprint density at radius 3 is 2.27 bits per heavy atom. The molecule has 1 heterocycles. The standard InChI is InChI=1S/C37H43ClN4O7/c1-24(35(45)49-37(2,3)4)42(36(46)48-32(34(43)44)19-25-11-9-8-10-12-25)22-27-13-16-28(38)20-31(27)47-29-17-14-26(15-18-29)30-21-39-33(41(30)7)23-40(5)6/h8-18,20-21,24,32H,19,22-23H2,1-7H3,(H,43,44)/t24-,32-/m0/s1. The number of carboxylic acids is 1. The minimum atomic E-state index is -1.50. The van der Waals surface area contributed by atoms with Gasteiger partial charge in [0.25, 0.3) is 0 Å². The van der Waals surface area contributed by atoms with Crippen LogP contribution in [0.15, 0.2) is 79.0 Å². The lowest BCUT2D eigenvalue weighted by molar-refractivity contribution is -0.160. The first-order valence-corrected chi connectivity index (χ1v) is 16.2. The van der Waals surface area contributed by atoms with E-state index in [4.69, 9.17) is 25.8 Å². The summed E-state index contributed by atoms with van der Waals surface area (Å²) in [6.07, 6.45) is -0.728. The van der Waals surface area contributed by atoms with Crippen LogP contribution >= 0.6 is 11.6 Å². The number of ether oxygens (including phenoxy) is 3. The number of hydrogen-bond donors (Lipinski definition) is 1. The zero-order chi connectivity index (χ0) is 35.9. The molecule has 0 bridgehead atoms. The third kappa shape index (κ3) is 10.3. The molecule has 260 valence electrons. The Morgan fingerprint density at radius 2 is 1.65 bits per heavy atom. The normalized spacial score (nSPS) is 12.7. The quantitative estimate of drug-likeness (QED) is 0.148. The number of esters is 1. The Balaban J connectivity index is 1.61. The Morgan fingerprint density at radius 1 is 0.980 bits per heavy atom. The molecule has 11 nitrogen and oxygen atoms in total. The van der Waals surface area contributed by atoms with E-state index in [2.05, 4.69) is 9.88 Å². The molecule has 2 atom stereocenters. The van der Waals surface area contributed by atoms with E-state index in [-0.39, 0.29) is 13.0 Å². The van der Waals surface area contributed by atoms with Crippen molar-refractivity contribution in [2.45, 2.75) is 65.0 Å². The smallest absolute Gasteiger partial charge is 0.411 e. The third-order valence-electron chi connectivity index (χ3n) is 7.52. The first-order chi connectivity index (χ1) is 23.1. The van der Waals surface area contributed by atoms with Crippen LogP contribution in [0, 0.1) is 0 Å². The maximum Gasteiger partial charge on any atom is 0.411 e. The average Bonchev–Trinajstić information content (AvgIpc) is 3.38. The average molecular weight is 691 g/mol.